The number of carbonyl (C=O) groups is 2. The first-order chi connectivity index (χ1) is 16.2. The van der Waals surface area contributed by atoms with E-state index in [4.69, 9.17) is 17.3 Å². The number of nitrogens with two attached hydrogens (primary N) is 1. The molecule has 0 bridgehead atoms. The van der Waals surface area contributed by atoms with E-state index in [1.807, 2.05) is 19.9 Å². The third kappa shape index (κ3) is 6.98. The van der Waals surface area contributed by atoms with Gasteiger partial charge in [0.05, 0.1) is 23.6 Å². The molecule has 0 heterocycles. The van der Waals surface area contributed by atoms with E-state index in [9.17, 15) is 19.2 Å². The Morgan fingerprint density at radius 1 is 1.29 bits per heavy atom. The number of benzene rings is 2. The van der Waals surface area contributed by atoms with Crippen LogP contribution in [0.4, 0.5) is 10.1 Å². The fourth-order valence-corrected chi connectivity index (χ4v) is 3.75. The Morgan fingerprint density at radius 2 is 2.03 bits per heavy atom. The zero-order valence-corrected chi connectivity index (χ0v) is 19.9. The normalized spacial score (nSPS) is 13.5. The van der Waals surface area contributed by atoms with Crippen LogP contribution < -0.4 is 16.4 Å². The molecule has 0 saturated carbocycles. The maximum Gasteiger partial charge on any atom is 0.233 e. The Bertz CT molecular complexity index is 1140. The Morgan fingerprint density at radius 3 is 2.62 bits per heavy atom. The average molecular weight is 484 g/mol. The molecule has 1 amide bonds. The van der Waals surface area contributed by atoms with Crippen molar-refractivity contribution in [2.24, 2.45) is 16.6 Å². The van der Waals surface area contributed by atoms with Gasteiger partial charge in [-0.15, -0.1) is 0 Å². The number of anilines is 1. The molecule has 2 aromatic rings. The second-order valence-corrected chi connectivity index (χ2v) is 8.47. The lowest BCUT2D eigenvalue weighted by Gasteiger charge is -2.30. The molecule has 7 nitrogen and oxygen atoms in total. The number of halogens is 2. The molecule has 0 radical (unpaired) electrons. The van der Waals surface area contributed by atoms with Crippen LogP contribution in [0, 0.1) is 23.1 Å². The molecule has 0 fully saturated rings. The van der Waals surface area contributed by atoms with Crippen molar-refractivity contribution in [3.8, 4) is 6.07 Å². The van der Waals surface area contributed by atoms with E-state index in [2.05, 4.69) is 15.6 Å². The third-order valence-electron chi connectivity index (χ3n) is 5.00. The minimum absolute atomic E-state index is 0.0325. The van der Waals surface area contributed by atoms with Crippen LogP contribution in [0.2, 0.25) is 5.02 Å². The standard InChI is InChI=1S/C25H27ClFN5O2/c1-15(2)12-31-24(18(11-29)13-30-3)23(22-5-4-20(27)8-17(22)14-33)25(34)32-21-7-16(10-28)6-19(26)9-21/h4-9,11,13-15,23-24,31H,12,29H2,1-3H3,(H,32,34)/t23-,24+/m1/s1. The van der Waals surface area contributed by atoms with Gasteiger partial charge in [-0.1, -0.05) is 31.5 Å². The maximum absolute atomic E-state index is 13.9. The number of hydrogen-bond acceptors (Lipinski definition) is 6. The van der Waals surface area contributed by atoms with E-state index in [0.29, 0.717) is 29.7 Å². The van der Waals surface area contributed by atoms with Crippen LogP contribution in [0.3, 0.4) is 0 Å². The minimum Gasteiger partial charge on any atom is -0.404 e. The number of aldehydes is 1. The van der Waals surface area contributed by atoms with Gasteiger partial charge in [0.1, 0.15) is 12.1 Å². The van der Waals surface area contributed by atoms with E-state index >= 15 is 0 Å². The summed E-state index contributed by atoms with van der Waals surface area (Å²) in [5, 5.41) is 15.6. The van der Waals surface area contributed by atoms with Crippen molar-refractivity contribution in [1.82, 2.24) is 5.32 Å². The van der Waals surface area contributed by atoms with Gasteiger partial charge in [-0.2, -0.15) is 5.26 Å². The molecule has 0 saturated heterocycles. The molecule has 0 unspecified atom stereocenters. The predicted octanol–water partition coefficient (Wildman–Crippen LogP) is 4.04. The summed E-state index contributed by atoms with van der Waals surface area (Å²) in [5.74, 6) is -1.88. The molecular weight excluding hydrogens is 457 g/mol. The van der Waals surface area contributed by atoms with Crippen molar-refractivity contribution in [2.75, 3.05) is 18.9 Å². The Labute approximate surface area is 203 Å². The van der Waals surface area contributed by atoms with Gasteiger partial charge in [-0.25, -0.2) is 4.39 Å². The molecule has 34 heavy (non-hydrogen) atoms. The summed E-state index contributed by atoms with van der Waals surface area (Å²) in [6.45, 7) is 4.53. The van der Waals surface area contributed by atoms with Crippen LogP contribution in [0.1, 0.15) is 41.3 Å². The topological polar surface area (TPSA) is 120 Å². The number of amides is 1. The van der Waals surface area contributed by atoms with E-state index < -0.39 is 23.7 Å². The molecular formula is C25H27ClFN5O2. The summed E-state index contributed by atoms with van der Waals surface area (Å²) in [7, 11) is 1.57. The Balaban J connectivity index is 2.66. The van der Waals surface area contributed by atoms with Gasteiger partial charge in [-0.05, 0) is 48.4 Å². The highest BCUT2D eigenvalue weighted by Gasteiger charge is 2.34. The summed E-state index contributed by atoms with van der Waals surface area (Å²) in [5.41, 5.74) is 7.30. The summed E-state index contributed by atoms with van der Waals surface area (Å²) >= 11 is 6.09. The molecule has 2 rings (SSSR count). The van der Waals surface area contributed by atoms with Gasteiger partial charge in [0.25, 0.3) is 0 Å². The van der Waals surface area contributed by atoms with Gasteiger partial charge < -0.3 is 16.4 Å². The number of nitriles is 1. The Hall–Kier alpha value is -3.54. The first-order valence-electron chi connectivity index (χ1n) is 10.6. The third-order valence-corrected chi connectivity index (χ3v) is 5.22. The molecule has 2 aromatic carbocycles. The second kappa shape index (κ2) is 12.6. The average Bonchev–Trinajstić information content (AvgIpc) is 2.80. The van der Waals surface area contributed by atoms with Crippen molar-refractivity contribution in [2.45, 2.75) is 25.8 Å². The van der Waals surface area contributed by atoms with Crippen LogP contribution in [-0.2, 0) is 4.79 Å². The minimum atomic E-state index is -1.00. The fourth-order valence-electron chi connectivity index (χ4n) is 3.52. The second-order valence-electron chi connectivity index (χ2n) is 8.03. The summed E-state index contributed by atoms with van der Waals surface area (Å²) < 4.78 is 13.9. The molecule has 0 aromatic heterocycles. The van der Waals surface area contributed by atoms with Gasteiger partial charge in [0, 0.05) is 41.3 Å². The van der Waals surface area contributed by atoms with Crippen LogP contribution in [-0.4, -0.2) is 38.0 Å². The first-order valence-corrected chi connectivity index (χ1v) is 10.9. The largest absolute Gasteiger partial charge is 0.404 e. The van der Waals surface area contributed by atoms with Gasteiger partial charge in [0.2, 0.25) is 5.91 Å². The highest BCUT2D eigenvalue weighted by Crippen LogP contribution is 2.30. The van der Waals surface area contributed by atoms with E-state index in [0.717, 1.165) is 6.07 Å². The molecule has 0 aliphatic heterocycles. The SMILES string of the molecule is CN=CC(=CN)[C@H](NCC(C)C)[C@H](C(=O)Nc1cc(Cl)cc(C#N)c1)c1ccc(F)cc1C=O. The molecule has 0 aliphatic rings. The highest BCUT2D eigenvalue weighted by atomic mass is 35.5. The summed E-state index contributed by atoms with van der Waals surface area (Å²) in [4.78, 5) is 29.5. The van der Waals surface area contributed by atoms with Crippen molar-refractivity contribution < 1.29 is 14.0 Å². The fraction of sp³-hybridized carbons (Fsp3) is 0.280. The predicted molar refractivity (Wildman–Crippen MR) is 133 cm³/mol. The number of nitrogens with zero attached hydrogens (tertiary/aromatic N) is 2. The number of carbonyl (C=O) groups excluding carboxylic acids is 2. The molecule has 9 heteroatoms. The highest BCUT2D eigenvalue weighted by molar-refractivity contribution is 6.31. The molecule has 2 atom stereocenters. The van der Waals surface area contributed by atoms with Crippen molar-refractivity contribution in [1.29, 1.82) is 5.26 Å². The van der Waals surface area contributed by atoms with Crippen LogP contribution >= 0.6 is 11.6 Å². The lowest BCUT2D eigenvalue weighted by Crippen LogP contribution is -2.44. The molecule has 178 valence electrons. The van der Waals surface area contributed by atoms with Gasteiger partial charge in [-0.3, -0.25) is 14.6 Å². The van der Waals surface area contributed by atoms with Crippen LogP contribution in [0.15, 0.2) is 53.2 Å². The van der Waals surface area contributed by atoms with Gasteiger partial charge >= 0.3 is 0 Å². The van der Waals surface area contributed by atoms with E-state index in [1.165, 1.54) is 42.7 Å². The zero-order chi connectivity index (χ0) is 25.3. The van der Waals surface area contributed by atoms with Crippen LogP contribution in [0.5, 0.6) is 0 Å². The van der Waals surface area contributed by atoms with Crippen molar-refractivity contribution >= 4 is 35.7 Å². The van der Waals surface area contributed by atoms with E-state index in [-0.39, 0.29) is 22.1 Å². The smallest absolute Gasteiger partial charge is 0.233 e. The number of nitrogens with one attached hydrogen (secondary N) is 2. The molecule has 4 N–H and O–H groups in total. The number of aliphatic imine (C=N–C) groups is 1. The summed E-state index contributed by atoms with van der Waals surface area (Å²) in [6, 6.07) is 9.42. The van der Waals surface area contributed by atoms with Crippen molar-refractivity contribution in [3.05, 3.63) is 75.7 Å². The monoisotopic (exact) mass is 483 g/mol. The lowest BCUT2D eigenvalue weighted by molar-refractivity contribution is -0.118. The molecule has 0 spiro atoms. The number of rotatable bonds is 10. The number of hydrogen-bond donors (Lipinski definition) is 3. The van der Waals surface area contributed by atoms with E-state index in [1.54, 1.807) is 7.05 Å². The zero-order valence-electron chi connectivity index (χ0n) is 19.2. The lowest BCUT2D eigenvalue weighted by atomic mass is 9.83. The molecule has 0 aliphatic carbocycles. The maximum atomic E-state index is 13.9. The Kier molecular flexibility index (Phi) is 9.92. The quantitative estimate of drug-likeness (QED) is 0.348. The first kappa shape index (κ1) is 26.7. The summed E-state index contributed by atoms with van der Waals surface area (Å²) in [6.07, 6.45) is 3.36. The van der Waals surface area contributed by atoms with Gasteiger partial charge in [0.15, 0.2) is 0 Å². The van der Waals surface area contributed by atoms with Crippen molar-refractivity contribution in [3.63, 3.8) is 0 Å². The van der Waals surface area contributed by atoms with Crippen LogP contribution in [0.25, 0.3) is 0 Å².